The SMILES string of the molecule is C#CCCCNC(=O)c1ccc(N(C)Cc2ccc3nc(N)[nH]c(=O)c3c2)cc1. The molecule has 2 aromatic carbocycles. The molecule has 0 spiro atoms. The number of nitrogens with one attached hydrogen (secondary N) is 2. The molecular formula is C22H23N5O2. The molecule has 3 rings (SSSR count). The zero-order valence-corrected chi connectivity index (χ0v) is 16.2. The quantitative estimate of drug-likeness (QED) is 0.425. The maximum absolute atomic E-state index is 12.1. The smallest absolute Gasteiger partial charge is 0.260 e. The fraction of sp³-hybridized carbons (Fsp3) is 0.227. The molecule has 0 atom stereocenters. The lowest BCUT2D eigenvalue weighted by molar-refractivity contribution is 0.0953. The lowest BCUT2D eigenvalue weighted by Crippen LogP contribution is -2.24. The molecule has 1 aromatic heterocycles. The van der Waals surface area contributed by atoms with Crippen LogP contribution in [0.5, 0.6) is 0 Å². The average Bonchev–Trinajstić information content (AvgIpc) is 2.71. The molecule has 0 radical (unpaired) electrons. The summed E-state index contributed by atoms with van der Waals surface area (Å²) < 4.78 is 0. The van der Waals surface area contributed by atoms with E-state index in [9.17, 15) is 9.59 Å². The van der Waals surface area contributed by atoms with Crippen molar-refractivity contribution in [3.8, 4) is 12.3 Å². The van der Waals surface area contributed by atoms with Crippen LogP contribution < -0.4 is 21.5 Å². The number of fused-ring (bicyclic) bond motifs is 1. The molecule has 4 N–H and O–H groups in total. The molecule has 0 bridgehead atoms. The van der Waals surface area contributed by atoms with Crippen molar-refractivity contribution in [2.75, 3.05) is 24.2 Å². The van der Waals surface area contributed by atoms with Crippen molar-refractivity contribution in [1.29, 1.82) is 0 Å². The van der Waals surface area contributed by atoms with Crippen LogP contribution in [0, 0.1) is 12.3 Å². The fourth-order valence-corrected chi connectivity index (χ4v) is 3.03. The van der Waals surface area contributed by atoms with Gasteiger partial charge in [0.1, 0.15) is 0 Å². The van der Waals surface area contributed by atoms with Gasteiger partial charge in [-0.2, -0.15) is 0 Å². The molecule has 1 heterocycles. The number of hydrogen-bond donors (Lipinski definition) is 3. The first-order valence-electron chi connectivity index (χ1n) is 9.29. The predicted octanol–water partition coefficient (Wildman–Crippen LogP) is 2.28. The van der Waals surface area contributed by atoms with Crippen LogP contribution in [0.25, 0.3) is 10.9 Å². The first-order chi connectivity index (χ1) is 14.0. The monoisotopic (exact) mass is 389 g/mol. The second-order valence-corrected chi connectivity index (χ2v) is 6.77. The Bertz CT molecular complexity index is 1110. The molecule has 0 saturated heterocycles. The highest BCUT2D eigenvalue weighted by Crippen LogP contribution is 2.18. The number of amides is 1. The largest absolute Gasteiger partial charge is 0.370 e. The number of rotatable bonds is 7. The summed E-state index contributed by atoms with van der Waals surface area (Å²) in [5.74, 6) is 2.54. The third kappa shape index (κ3) is 4.93. The van der Waals surface area contributed by atoms with E-state index in [1.807, 2.05) is 36.2 Å². The van der Waals surface area contributed by atoms with Gasteiger partial charge in [-0.15, -0.1) is 12.3 Å². The van der Waals surface area contributed by atoms with Crippen LogP contribution in [0.3, 0.4) is 0 Å². The maximum atomic E-state index is 12.1. The van der Waals surface area contributed by atoms with Crippen molar-refractivity contribution in [2.24, 2.45) is 0 Å². The zero-order chi connectivity index (χ0) is 20.8. The number of anilines is 2. The predicted molar refractivity (Wildman–Crippen MR) is 116 cm³/mol. The average molecular weight is 389 g/mol. The van der Waals surface area contributed by atoms with Crippen LogP contribution in [0.15, 0.2) is 47.3 Å². The van der Waals surface area contributed by atoms with Crippen LogP contribution in [-0.2, 0) is 6.54 Å². The number of terminal acetylenes is 1. The highest BCUT2D eigenvalue weighted by molar-refractivity contribution is 5.94. The molecule has 1 amide bonds. The second-order valence-electron chi connectivity index (χ2n) is 6.77. The number of H-pyrrole nitrogens is 1. The summed E-state index contributed by atoms with van der Waals surface area (Å²) in [6.07, 6.45) is 6.62. The highest BCUT2D eigenvalue weighted by Gasteiger charge is 2.09. The molecule has 0 aliphatic heterocycles. The number of benzene rings is 2. The number of unbranched alkanes of at least 4 members (excludes halogenated alkanes) is 1. The third-order valence-electron chi connectivity index (χ3n) is 4.56. The van der Waals surface area contributed by atoms with Gasteiger partial charge >= 0.3 is 0 Å². The summed E-state index contributed by atoms with van der Waals surface area (Å²) in [6, 6.07) is 12.9. The molecule has 0 aliphatic carbocycles. The highest BCUT2D eigenvalue weighted by atomic mass is 16.1. The number of aromatic nitrogens is 2. The van der Waals surface area contributed by atoms with Gasteiger partial charge in [-0.3, -0.25) is 14.6 Å². The Labute approximate surface area is 169 Å². The Balaban J connectivity index is 1.67. The number of nitrogen functional groups attached to an aromatic ring is 1. The molecular weight excluding hydrogens is 366 g/mol. The van der Waals surface area contributed by atoms with E-state index in [-0.39, 0.29) is 17.4 Å². The van der Waals surface area contributed by atoms with Crippen molar-refractivity contribution >= 4 is 28.4 Å². The van der Waals surface area contributed by atoms with E-state index in [0.717, 1.165) is 17.7 Å². The molecule has 3 aromatic rings. The molecule has 0 saturated carbocycles. The van der Waals surface area contributed by atoms with Crippen LogP contribution in [0.4, 0.5) is 11.6 Å². The van der Waals surface area contributed by atoms with Gasteiger partial charge in [-0.05, 0) is 48.4 Å². The number of nitrogens with two attached hydrogens (primary N) is 1. The van der Waals surface area contributed by atoms with E-state index in [1.54, 1.807) is 18.2 Å². The lowest BCUT2D eigenvalue weighted by Gasteiger charge is -2.20. The molecule has 7 heteroatoms. The van der Waals surface area contributed by atoms with Crippen LogP contribution in [0.2, 0.25) is 0 Å². The van der Waals surface area contributed by atoms with Crippen molar-refractivity contribution in [3.63, 3.8) is 0 Å². The third-order valence-corrected chi connectivity index (χ3v) is 4.56. The van der Waals surface area contributed by atoms with Gasteiger partial charge in [0, 0.05) is 37.8 Å². The molecule has 29 heavy (non-hydrogen) atoms. The summed E-state index contributed by atoms with van der Waals surface area (Å²) in [4.78, 5) is 32.9. The lowest BCUT2D eigenvalue weighted by atomic mass is 10.1. The summed E-state index contributed by atoms with van der Waals surface area (Å²) in [5, 5.41) is 3.35. The van der Waals surface area contributed by atoms with Crippen molar-refractivity contribution in [3.05, 3.63) is 63.9 Å². The van der Waals surface area contributed by atoms with E-state index >= 15 is 0 Å². The van der Waals surface area contributed by atoms with E-state index in [1.165, 1.54) is 0 Å². The van der Waals surface area contributed by atoms with E-state index in [4.69, 9.17) is 12.2 Å². The minimum absolute atomic E-state index is 0.104. The summed E-state index contributed by atoms with van der Waals surface area (Å²) in [7, 11) is 1.95. The standard InChI is InChI=1S/C22H23N5O2/c1-3-4-5-12-24-20(28)16-7-9-17(10-8-16)27(2)14-15-6-11-19-18(13-15)21(29)26-22(23)25-19/h1,6-11,13H,4-5,12,14H2,2H3,(H,24,28)(H3,23,25,26,29). The minimum atomic E-state index is -0.255. The molecule has 148 valence electrons. The van der Waals surface area contributed by atoms with Gasteiger partial charge in [0.25, 0.3) is 11.5 Å². The molecule has 7 nitrogen and oxygen atoms in total. The Kier molecular flexibility index (Phi) is 6.15. The van der Waals surface area contributed by atoms with Gasteiger partial charge in [0.05, 0.1) is 10.9 Å². The Morgan fingerprint density at radius 2 is 2.03 bits per heavy atom. The molecule has 0 aliphatic rings. The number of carbonyl (C=O) groups excluding carboxylic acids is 1. The first-order valence-corrected chi connectivity index (χ1v) is 9.29. The maximum Gasteiger partial charge on any atom is 0.260 e. The van der Waals surface area contributed by atoms with Crippen molar-refractivity contribution < 1.29 is 4.79 Å². The van der Waals surface area contributed by atoms with E-state index in [2.05, 4.69) is 21.2 Å². The van der Waals surface area contributed by atoms with Gasteiger partial charge < -0.3 is 16.0 Å². The van der Waals surface area contributed by atoms with E-state index < -0.39 is 0 Å². The fourth-order valence-electron chi connectivity index (χ4n) is 3.03. The van der Waals surface area contributed by atoms with Gasteiger partial charge in [0.15, 0.2) is 0 Å². The Morgan fingerprint density at radius 1 is 1.28 bits per heavy atom. The van der Waals surface area contributed by atoms with E-state index in [0.29, 0.717) is 36.0 Å². The van der Waals surface area contributed by atoms with Crippen LogP contribution in [0.1, 0.15) is 28.8 Å². The second kappa shape index (κ2) is 8.93. The molecule has 0 unspecified atom stereocenters. The minimum Gasteiger partial charge on any atom is -0.370 e. The summed E-state index contributed by atoms with van der Waals surface area (Å²) >= 11 is 0. The number of hydrogen-bond acceptors (Lipinski definition) is 5. The Hall–Kier alpha value is -3.79. The van der Waals surface area contributed by atoms with Crippen molar-refractivity contribution in [2.45, 2.75) is 19.4 Å². The normalized spacial score (nSPS) is 10.5. The van der Waals surface area contributed by atoms with Gasteiger partial charge in [-0.25, -0.2) is 4.98 Å². The number of nitrogens with zero attached hydrogens (tertiary/aromatic N) is 2. The van der Waals surface area contributed by atoms with Crippen molar-refractivity contribution in [1.82, 2.24) is 15.3 Å². The molecule has 0 fully saturated rings. The van der Waals surface area contributed by atoms with Gasteiger partial charge in [0.2, 0.25) is 5.95 Å². The first kappa shape index (κ1) is 20.0. The number of aromatic amines is 1. The summed E-state index contributed by atoms with van der Waals surface area (Å²) in [5.41, 5.74) is 8.41. The summed E-state index contributed by atoms with van der Waals surface area (Å²) in [6.45, 7) is 1.16. The van der Waals surface area contributed by atoms with Crippen LogP contribution in [-0.4, -0.2) is 29.5 Å². The van der Waals surface area contributed by atoms with Gasteiger partial charge in [-0.1, -0.05) is 6.07 Å². The van der Waals surface area contributed by atoms with Crippen LogP contribution >= 0.6 is 0 Å². The Morgan fingerprint density at radius 3 is 2.76 bits per heavy atom. The zero-order valence-electron chi connectivity index (χ0n) is 16.2. The topological polar surface area (TPSA) is 104 Å². The number of carbonyl (C=O) groups is 1.